The third-order valence-corrected chi connectivity index (χ3v) is 3.54. The molecule has 4 nitrogen and oxygen atoms in total. The van der Waals surface area contributed by atoms with Crippen molar-refractivity contribution in [1.29, 1.82) is 0 Å². The second-order valence-electron chi connectivity index (χ2n) is 4.83. The lowest BCUT2D eigenvalue weighted by Crippen LogP contribution is -2.03. The van der Waals surface area contributed by atoms with Crippen molar-refractivity contribution in [2.75, 3.05) is 19.0 Å². The van der Waals surface area contributed by atoms with Gasteiger partial charge in [-0.2, -0.15) is 0 Å². The van der Waals surface area contributed by atoms with Gasteiger partial charge >= 0.3 is 5.97 Å². The van der Waals surface area contributed by atoms with E-state index >= 15 is 0 Å². The first-order valence-corrected chi connectivity index (χ1v) is 7.43. The fraction of sp³-hybridized carbons (Fsp3) is 0.375. The topological polar surface area (TPSA) is 51.2 Å². The van der Waals surface area contributed by atoms with Gasteiger partial charge in [-0.05, 0) is 37.1 Å². The quantitative estimate of drug-likeness (QED) is 0.620. The van der Waals surface area contributed by atoms with Gasteiger partial charge in [-0.25, -0.2) is 0 Å². The molecule has 1 heterocycles. The van der Waals surface area contributed by atoms with E-state index in [2.05, 4.69) is 15.0 Å². The normalized spacial score (nSPS) is 10.6. The number of ether oxygens (including phenoxy) is 1. The van der Waals surface area contributed by atoms with Crippen LogP contribution in [-0.2, 0) is 9.53 Å². The van der Waals surface area contributed by atoms with Gasteiger partial charge in [0, 0.05) is 35.3 Å². The van der Waals surface area contributed by atoms with Gasteiger partial charge in [-0.1, -0.05) is 18.0 Å². The van der Waals surface area contributed by atoms with Crippen LogP contribution in [0.4, 0.5) is 5.69 Å². The van der Waals surface area contributed by atoms with Crippen molar-refractivity contribution in [2.24, 2.45) is 0 Å². The first kappa shape index (κ1) is 15.6. The summed E-state index contributed by atoms with van der Waals surface area (Å²) < 4.78 is 4.61. The summed E-state index contributed by atoms with van der Waals surface area (Å²) in [6.07, 6.45) is 5.14. The first-order chi connectivity index (χ1) is 10.2. The number of nitrogens with one attached hydrogen (secondary N) is 1. The third kappa shape index (κ3) is 4.60. The molecule has 5 heteroatoms. The molecule has 0 radical (unpaired) electrons. The summed E-state index contributed by atoms with van der Waals surface area (Å²) in [7, 11) is 1.42. The van der Waals surface area contributed by atoms with Crippen LogP contribution in [0, 0.1) is 0 Å². The van der Waals surface area contributed by atoms with E-state index in [1.165, 1.54) is 7.11 Å². The van der Waals surface area contributed by atoms with Gasteiger partial charge in [0.25, 0.3) is 0 Å². The minimum absolute atomic E-state index is 0.139. The lowest BCUT2D eigenvalue weighted by atomic mass is 10.1. The number of carbonyl (C=O) groups is 1. The van der Waals surface area contributed by atoms with Crippen LogP contribution in [0.25, 0.3) is 10.9 Å². The Labute approximate surface area is 129 Å². The fourth-order valence-corrected chi connectivity index (χ4v) is 2.34. The number of hydrogen-bond acceptors (Lipinski definition) is 4. The molecule has 0 amide bonds. The molecular weight excluding hydrogens is 288 g/mol. The summed E-state index contributed by atoms with van der Waals surface area (Å²) in [4.78, 5) is 15.3. The molecule has 1 aromatic heterocycles. The standard InChI is InChI=1S/C16H19ClN2O2/c1-21-16(20)5-3-2-4-9-18-14-8-10-19-15-11-12(17)6-7-13(14)15/h6-8,10-11H,2-5,9H2,1H3,(H,18,19). The highest BCUT2D eigenvalue weighted by atomic mass is 35.5. The van der Waals surface area contributed by atoms with Crippen molar-refractivity contribution >= 4 is 34.2 Å². The molecule has 0 aliphatic rings. The highest BCUT2D eigenvalue weighted by Gasteiger charge is 2.03. The molecule has 0 unspecified atom stereocenters. The zero-order chi connectivity index (χ0) is 15.1. The van der Waals surface area contributed by atoms with Gasteiger partial charge in [0.1, 0.15) is 0 Å². The van der Waals surface area contributed by atoms with E-state index in [-0.39, 0.29) is 5.97 Å². The Hall–Kier alpha value is -1.81. The van der Waals surface area contributed by atoms with Gasteiger partial charge in [-0.15, -0.1) is 0 Å². The Morgan fingerprint density at radius 2 is 2.14 bits per heavy atom. The minimum Gasteiger partial charge on any atom is -0.469 e. The van der Waals surface area contributed by atoms with Crippen LogP contribution < -0.4 is 5.32 Å². The maximum absolute atomic E-state index is 11.0. The molecule has 112 valence electrons. The summed E-state index contributed by atoms with van der Waals surface area (Å²) in [6.45, 7) is 0.864. The SMILES string of the molecule is COC(=O)CCCCCNc1ccnc2cc(Cl)ccc12. The van der Waals surface area contributed by atoms with E-state index in [4.69, 9.17) is 11.6 Å². The van der Waals surface area contributed by atoms with E-state index in [9.17, 15) is 4.79 Å². The molecule has 0 atom stereocenters. The fourth-order valence-electron chi connectivity index (χ4n) is 2.17. The molecule has 1 aromatic carbocycles. The molecule has 1 N–H and O–H groups in total. The molecular formula is C16H19ClN2O2. The zero-order valence-electron chi connectivity index (χ0n) is 12.1. The second kappa shape index (κ2) is 7.84. The van der Waals surface area contributed by atoms with Crippen LogP contribution in [0.1, 0.15) is 25.7 Å². The molecule has 0 aliphatic heterocycles. The molecule has 2 rings (SSSR count). The van der Waals surface area contributed by atoms with Gasteiger partial charge < -0.3 is 10.1 Å². The number of esters is 1. The maximum Gasteiger partial charge on any atom is 0.305 e. The lowest BCUT2D eigenvalue weighted by Gasteiger charge is -2.09. The Kier molecular flexibility index (Phi) is 5.81. The highest BCUT2D eigenvalue weighted by molar-refractivity contribution is 6.31. The summed E-state index contributed by atoms with van der Waals surface area (Å²) >= 11 is 5.97. The van der Waals surface area contributed by atoms with Crippen LogP contribution in [-0.4, -0.2) is 24.6 Å². The number of pyridine rings is 1. The molecule has 0 saturated heterocycles. The predicted octanol–water partition coefficient (Wildman–Crippen LogP) is 4.03. The number of fused-ring (bicyclic) bond motifs is 1. The summed E-state index contributed by atoms with van der Waals surface area (Å²) in [5.41, 5.74) is 1.95. The molecule has 0 bridgehead atoms. The first-order valence-electron chi connectivity index (χ1n) is 7.05. The number of aromatic nitrogens is 1. The van der Waals surface area contributed by atoms with Crippen molar-refractivity contribution in [1.82, 2.24) is 4.98 Å². The number of rotatable bonds is 7. The summed E-state index contributed by atoms with van der Waals surface area (Å²) in [5, 5.41) is 5.17. The number of carbonyl (C=O) groups excluding carboxylic acids is 1. The number of benzene rings is 1. The van der Waals surface area contributed by atoms with Crippen LogP contribution in [0.15, 0.2) is 30.5 Å². The monoisotopic (exact) mass is 306 g/mol. The number of nitrogens with zero attached hydrogens (tertiary/aromatic N) is 1. The summed E-state index contributed by atoms with van der Waals surface area (Å²) in [6, 6.07) is 7.67. The second-order valence-corrected chi connectivity index (χ2v) is 5.27. The molecule has 21 heavy (non-hydrogen) atoms. The lowest BCUT2D eigenvalue weighted by molar-refractivity contribution is -0.140. The average Bonchev–Trinajstić information content (AvgIpc) is 2.50. The van der Waals surface area contributed by atoms with E-state index < -0.39 is 0 Å². The summed E-state index contributed by atoms with van der Waals surface area (Å²) in [5.74, 6) is -0.139. The number of unbranched alkanes of at least 4 members (excludes halogenated alkanes) is 2. The smallest absolute Gasteiger partial charge is 0.305 e. The van der Waals surface area contributed by atoms with E-state index in [1.54, 1.807) is 6.20 Å². The van der Waals surface area contributed by atoms with E-state index in [0.717, 1.165) is 42.4 Å². The van der Waals surface area contributed by atoms with Crippen molar-refractivity contribution < 1.29 is 9.53 Å². The van der Waals surface area contributed by atoms with E-state index in [0.29, 0.717) is 11.4 Å². The number of methoxy groups -OCH3 is 1. The largest absolute Gasteiger partial charge is 0.469 e. The Bertz CT molecular complexity index is 616. The van der Waals surface area contributed by atoms with Crippen LogP contribution in [0.5, 0.6) is 0 Å². The van der Waals surface area contributed by atoms with Crippen LogP contribution >= 0.6 is 11.6 Å². The van der Waals surface area contributed by atoms with Gasteiger partial charge in [0.2, 0.25) is 0 Å². The van der Waals surface area contributed by atoms with Crippen LogP contribution in [0.3, 0.4) is 0 Å². The van der Waals surface area contributed by atoms with Crippen molar-refractivity contribution in [2.45, 2.75) is 25.7 Å². The Balaban J connectivity index is 1.82. The Morgan fingerprint density at radius 3 is 2.95 bits per heavy atom. The van der Waals surface area contributed by atoms with Gasteiger partial charge in [-0.3, -0.25) is 9.78 Å². The maximum atomic E-state index is 11.0. The minimum atomic E-state index is -0.139. The number of anilines is 1. The molecule has 2 aromatic rings. The molecule has 0 fully saturated rings. The zero-order valence-corrected chi connectivity index (χ0v) is 12.8. The number of hydrogen-bond donors (Lipinski definition) is 1. The molecule has 0 saturated carbocycles. The third-order valence-electron chi connectivity index (χ3n) is 3.31. The van der Waals surface area contributed by atoms with Crippen LogP contribution in [0.2, 0.25) is 5.02 Å². The Morgan fingerprint density at radius 1 is 1.29 bits per heavy atom. The molecule has 0 spiro atoms. The van der Waals surface area contributed by atoms with Crippen molar-refractivity contribution in [3.63, 3.8) is 0 Å². The van der Waals surface area contributed by atoms with E-state index in [1.807, 2.05) is 24.3 Å². The van der Waals surface area contributed by atoms with Gasteiger partial charge in [0.15, 0.2) is 0 Å². The molecule has 0 aliphatic carbocycles. The van der Waals surface area contributed by atoms with Crippen molar-refractivity contribution in [3.05, 3.63) is 35.5 Å². The van der Waals surface area contributed by atoms with Crippen molar-refractivity contribution in [3.8, 4) is 0 Å². The highest BCUT2D eigenvalue weighted by Crippen LogP contribution is 2.24. The van der Waals surface area contributed by atoms with Gasteiger partial charge in [0.05, 0.1) is 12.6 Å². The predicted molar refractivity (Wildman–Crippen MR) is 85.7 cm³/mol. The average molecular weight is 307 g/mol. The number of halogens is 1.